The number of carbonyl (C=O) groups excluding carboxylic acids is 1. The molecule has 0 fully saturated rings. The third-order valence-corrected chi connectivity index (χ3v) is 8.25. The first-order valence-corrected chi connectivity index (χ1v) is 15.5. The Morgan fingerprint density at radius 1 is 0.767 bits per heavy atom. The Morgan fingerprint density at radius 2 is 1.13 bits per heavy atom. The van der Waals surface area contributed by atoms with Crippen molar-refractivity contribution in [3.05, 3.63) is 12.7 Å². The van der Waals surface area contributed by atoms with E-state index in [-0.39, 0.29) is 0 Å². The average Bonchev–Trinajstić information content (AvgIpc) is 2.73. The predicted molar refractivity (Wildman–Crippen MR) is 131 cm³/mol. The van der Waals surface area contributed by atoms with Crippen LogP contribution >= 0.6 is 6.72 Å². The zero-order valence-corrected chi connectivity index (χ0v) is 21.0. The lowest BCUT2D eigenvalue weighted by Crippen LogP contribution is -2.01. The predicted octanol–water partition coefficient (Wildman–Crippen LogP) is 7.17. The maximum atomic E-state index is 10.8. The fourth-order valence-corrected chi connectivity index (χ4v) is 5.65. The molecule has 180 valence electrons. The van der Waals surface area contributed by atoms with E-state index in [1.165, 1.54) is 103 Å². The van der Waals surface area contributed by atoms with Crippen molar-refractivity contribution in [3.8, 4) is 0 Å². The molecule has 0 amide bonds. The maximum Gasteiger partial charge on any atom is 0.365 e. The van der Waals surface area contributed by atoms with Gasteiger partial charge in [-0.2, -0.15) is 0 Å². The van der Waals surface area contributed by atoms with Gasteiger partial charge in [0.1, 0.15) is 0 Å². The summed E-state index contributed by atoms with van der Waals surface area (Å²) in [4.78, 5) is 34.3. The van der Waals surface area contributed by atoms with E-state index in [0.717, 1.165) is 18.9 Å². The maximum absolute atomic E-state index is 10.8. The zero-order chi connectivity index (χ0) is 22.3. The molecule has 0 spiro atoms. The Kier molecular flexibility index (Phi) is 22.0. The molecule has 0 saturated carbocycles. The zero-order valence-electron chi connectivity index (χ0n) is 19.2. The normalized spacial score (nSPS) is 11.6. The third kappa shape index (κ3) is 22.6. The van der Waals surface area contributed by atoms with Crippen LogP contribution in [-0.4, -0.2) is 21.5 Å². The second-order valence-corrected chi connectivity index (χ2v) is 12.4. The summed E-state index contributed by atoms with van der Waals surface area (Å²) in [6.07, 6.45) is 24.8. The molecule has 0 heterocycles. The average molecular weight is 467 g/mol. The Morgan fingerprint density at radius 3 is 1.50 bits per heavy atom. The van der Waals surface area contributed by atoms with Gasteiger partial charge in [0.25, 0.3) is 0 Å². The van der Waals surface area contributed by atoms with Gasteiger partial charge in [-0.1, -0.05) is 123 Å². The standard InChI is InChI=1S/C23H47O5PS/c1-3-5-6-7-8-9-10-11-12-13-14-15-16-17-18-19-20-21-22-30-29(25,26)28-27-23(24)4-2/h4,25-26,30H,2-3,5-22H2,1H3. The van der Waals surface area contributed by atoms with E-state index < -0.39 is 12.7 Å². The van der Waals surface area contributed by atoms with Crippen molar-refractivity contribution >= 4 is 23.6 Å². The Labute approximate surface area is 188 Å². The summed E-state index contributed by atoms with van der Waals surface area (Å²) in [6, 6.07) is 0. The fourth-order valence-electron chi connectivity index (χ4n) is 3.36. The summed E-state index contributed by atoms with van der Waals surface area (Å²) in [5, 5.41) is 0. The Bertz CT molecular complexity index is 465. The highest BCUT2D eigenvalue weighted by molar-refractivity contribution is 8.16. The number of hydrogen-bond donors (Lipinski definition) is 3. The van der Waals surface area contributed by atoms with Crippen molar-refractivity contribution < 1.29 is 24.1 Å². The van der Waals surface area contributed by atoms with Crippen molar-refractivity contribution in [1.29, 1.82) is 0 Å². The molecule has 0 unspecified atom stereocenters. The molecule has 0 aromatic heterocycles. The molecule has 2 N–H and O–H groups in total. The molecule has 0 aromatic rings. The largest absolute Gasteiger partial charge is 0.365 e. The number of carbonyl (C=O) groups is 1. The third-order valence-electron chi connectivity index (χ3n) is 5.18. The number of unbranched alkanes of at least 4 members (excludes halogenated alkanes) is 17. The summed E-state index contributed by atoms with van der Waals surface area (Å²) in [7, 11) is 0.384. The van der Waals surface area contributed by atoms with Gasteiger partial charge < -0.3 is 9.79 Å². The summed E-state index contributed by atoms with van der Waals surface area (Å²) in [6.45, 7) is 1.86. The van der Waals surface area contributed by atoms with Crippen LogP contribution in [0.1, 0.15) is 122 Å². The first kappa shape index (κ1) is 29.9. The topological polar surface area (TPSA) is 76.0 Å². The molecular weight excluding hydrogens is 419 g/mol. The second kappa shape index (κ2) is 22.1. The molecule has 0 rings (SSSR count). The summed E-state index contributed by atoms with van der Waals surface area (Å²) >= 11 is 0. The van der Waals surface area contributed by atoms with Gasteiger partial charge in [-0.3, -0.25) is 4.89 Å². The molecule has 5 nitrogen and oxygen atoms in total. The van der Waals surface area contributed by atoms with Crippen LogP contribution in [0.25, 0.3) is 0 Å². The smallest absolute Gasteiger partial charge is 0.326 e. The Hall–Kier alpha value is -0.130. The van der Waals surface area contributed by atoms with Gasteiger partial charge in [0.2, 0.25) is 0 Å². The molecule has 0 aliphatic rings. The van der Waals surface area contributed by atoms with Gasteiger partial charge >= 0.3 is 12.7 Å². The molecule has 0 bridgehead atoms. The van der Waals surface area contributed by atoms with Crippen LogP contribution in [0.3, 0.4) is 0 Å². The monoisotopic (exact) mass is 466 g/mol. The summed E-state index contributed by atoms with van der Waals surface area (Å²) in [5.41, 5.74) is 0. The summed E-state index contributed by atoms with van der Waals surface area (Å²) < 4.78 is 4.41. The van der Waals surface area contributed by atoms with Crippen molar-refractivity contribution in [3.63, 3.8) is 0 Å². The van der Waals surface area contributed by atoms with E-state index in [2.05, 4.69) is 23.1 Å². The van der Waals surface area contributed by atoms with Crippen LogP contribution in [0.5, 0.6) is 0 Å². The van der Waals surface area contributed by atoms with E-state index in [0.29, 0.717) is 16.7 Å². The van der Waals surface area contributed by atoms with Crippen LogP contribution in [-0.2, 0) is 25.3 Å². The van der Waals surface area contributed by atoms with Gasteiger partial charge in [-0.05, 0) is 12.2 Å². The molecule has 0 aliphatic carbocycles. The summed E-state index contributed by atoms with van der Waals surface area (Å²) in [5.74, 6) is -0.198. The SMILES string of the molecule is C=CC(=O)OOP(O)(O)=[SH]CCCCCCCCCCCCCCCCCCCC. The van der Waals surface area contributed by atoms with E-state index in [1.807, 2.05) is 0 Å². The minimum absolute atomic E-state index is 0.384. The van der Waals surface area contributed by atoms with Crippen LogP contribution in [0, 0.1) is 0 Å². The van der Waals surface area contributed by atoms with Crippen molar-refractivity contribution in [2.24, 2.45) is 0 Å². The van der Waals surface area contributed by atoms with Crippen LogP contribution in [0.4, 0.5) is 0 Å². The van der Waals surface area contributed by atoms with Gasteiger partial charge in [-0.15, -0.1) is 15.6 Å². The van der Waals surface area contributed by atoms with Gasteiger partial charge in [0.05, 0.1) is 0 Å². The molecule has 7 heteroatoms. The Balaban J connectivity index is 3.30. The number of hydrogen-bond acceptors (Lipinski definition) is 3. The van der Waals surface area contributed by atoms with E-state index in [4.69, 9.17) is 0 Å². The first-order chi connectivity index (χ1) is 14.5. The molecule has 0 saturated heterocycles. The lowest BCUT2D eigenvalue weighted by atomic mass is 10.0. The molecule has 0 aliphatic heterocycles. The number of rotatable bonds is 22. The highest BCUT2D eigenvalue weighted by Crippen LogP contribution is 2.39. The molecule has 0 aromatic carbocycles. The molecular formula is C23H47O5PS. The van der Waals surface area contributed by atoms with Gasteiger partial charge in [0, 0.05) is 6.08 Å². The van der Waals surface area contributed by atoms with Gasteiger partial charge in [0.15, 0.2) is 0 Å². The van der Waals surface area contributed by atoms with E-state index in [9.17, 15) is 14.6 Å². The number of thiol groups is 1. The van der Waals surface area contributed by atoms with E-state index in [1.54, 1.807) is 0 Å². The highest BCUT2D eigenvalue weighted by atomic mass is 32.5. The van der Waals surface area contributed by atoms with Crippen molar-refractivity contribution in [2.75, 3.05) is 5.75 Å². The van der Waals surface area contributed by atoms with Crippen molar-refractivity contribution in [2.45, 2.75) is 122 Å². The lowest BCUT2D eigenvalue weighted by molar-refractivity contribution is -0.211. The van der Waals surface area contributed by atoms with Gasteiger partial charge in [-0.25, -0.2) is 4.79 Å². The second-order valence-electron chi connectivity index (χ2n) is 8.07. The minimum Gasteiger partial charge on any atom is -0.326 e. The highest BCUT2D eigenvalue weighted by Gasteiger charge is 2.13. The van der Waals surface area contributed by atoms with E-state index >= 15 is 0 Å². The minimum atomic E-state index is -3.62. The van der Waals surface area contributed by atoms with Crippen LogP contribution in [0.2, 0.25) is 0 Å². The first-order valence-electron chi connectivity index (χ1n) is 12.1. The van der Waals surface area contributed by atoms with Crippen LogP contribution < -0.4 is 0 Å². The molecule has 0 radical (unpaired) electrons. The van der Waals surface area contributed by atoms with Crippen LogP contribution in [0.15, 0.2) is 12.7 Å². The fraction of sp³-hybridized carbons (Fsp3) is 0.870. The quantitative estimate of drug-likeness (QED) is 0.0394. The molecule has 0 atom stereocenters. The molecule has 30 heavy (non-hydrogen) atoms. The van der Waals surface area contributed by atoms with Crippen molar-refractivity contribution in [1.82, 2.24) is 0 Å². The lowest BCUT2D eigenvalue weighted by Gasteiger charge is -2.09.